The molecule has 0 atom stereocenters. The molecule has 0 heterocycles. The quantitative estimate of drug-likeness (QED) is 0.332. The zero-order valence-corrected chi connectivity index (χ0v) is 18.4. The van der Waals surface area contributed by atoms with Crippen molar-refractivity contribution in [2.24, 2.45) is 10.7 Å². The van der Waals surface area contributed by atoms with E-state index in [1.165, 1.54) is 0 Å². The van der Waals surface area contributed by atoms with E-state index in [2.05, 4.69) is 10.3 Å². The van der Waals surface area contributed by atoms with Crippen molar-refractivity contribution in [1.29, 1.82) is 0 Å². The third-order valence-electron chi connectivity index (χ3n) is 3.52. The van der Waals surface area contributed by atoms with Crippen molar-refractivity contribution in [2.45, 2.75) is 13.0 Å². The molecule has 0 aliphatic carbocycles. The van der Waals surface area contributed by atoms with Crippen LogP contribution in [0.1, 0.15) is 11.1 Å². The number of ether oxygens (including phenoxy) is 2. The maximum absolute atomic E-state index is 5.98. The Labute approximate surface area is 180 Å². The van der Waals surface area contributed by atoms with E-state index in [-0.39, 0.29) is 24.0 Å². The summed E-state index contributed by atoms with van der Waals surface area (Å²) in [5, 5.41) is 4.32. The molecular formula is C18H22Cl2IN3O2. The van der Waals surface area contributed by atoms with Crippen molar-refractivity contribution in [3.8, 4) is 11.5 Å². The van der Waals surface area contributed by atoms with E-state index in [1.807, 2.05) is 30.3 Å². The van der Waals surface area contributed by atoms with Gasteiger partial charge in [0.25, 0.3) is 0 Å². The maximum atomic E-state index is 5.98. The molecular weight excluding hydrogens is 488 g/mol. The summed E-state index contributed by atoms with van der Waals surface area (Å²) in [4.78, 5) is 4.33. The SMILES string of the molecule is COc1ccc(CN=C(N)NCCc2cc(Cl)cc(Cl)c2)cc1OC.I. The minimum absolute atomic E-state index is 0. The highest BCUT2D eigenvalue weighted by Crippen LogP contribution is 2.27. The van der Waals surface area contributed by atoms with Crippen LogP contribution in [0.4, 0.5) is 0 Å². The van der Waals surface area contributed by atoms with E-state index in [4.69, 9.17) is 38.4 Å². The van der Waals surface area contributed by atoms with Crippen LogP contribution < -0.4 is 20.5 Å². The fourth-order valence-corrected chi connectivity index (χ4v) is 2.87. The monoisotopic (exact) mass is 509 g/mol. The molecule has 3 N–H and O–H groups in total. The molecule has 26 heavy (non-hydrogen) atoms. The summed E-state index contributed by atoms with van der Waals surface area (Å²) in [6.45, 7) is 1.08. The van der Waals surface area contributed by atoms with Gasteiger partial charge in [-0.1, -0.05) is 29.3 Å². The summed E-state index contributed by atoms with van der Waals surface area (Å²) in [5.74, 6) is 1.73. The Balaban J connectivity index is 0.00000338. The Hall–Kier alpha value is -1.38. The number of halogens is 3. The highest BCUT2D eigenvalue weighted by atomic mass is 127. The van der Waals surface area contributed by atoms with Crippen LogP contribution in [0, 0.1) is 0 Å². The number of hydrogen-bond acceptors (Lipinski definition) is 3. The molecule has 2 aromatic carbocycles. The maximum Gasteiger partial charge on any atom is 0.188 e. The topological polar surface area (TPSA) is 68.9 Å². The average Bonchev–Trinajstić information content (AvgIpc) is 2.58. The van der Waals surface area contributed by atoms with E-state index in [9.17, 15) is 0 Å². The van der Waals surface area contributed by atoms with Gasteiger partial charge in [0, 0.05) is 16.6 Å². The van der Waals surface area contributed by atoms with Gasteiger partial charge < -0.3 is 20.5 Å². The van der Waals surface area contributed by atoms with Crippen LogP contribution in [-0.4, -0.2) is 26.7 Å². The van der Waals surface area contributed by atoms with Gasteiger partial charge in [0.05, 0.1) is 20.8 Å². The van der Waals surface area contributed by atoms with Crippen LogP contribution in [0.2, 0.25) is 10.0 Å². The molecule has 0 bridgehead atoms. The number of nitrogens with two attached hydrogens (primary N) is 1. The largest absolute Gasteiger partial charge is 0.493 e. The van der Waals surface area contributed by atoms with Gasteiger partial charge in [0.15, 0.2) is 17.5 Å². The van der Waals surface area contributed by atoms with Crippen molar-refractivity contribution >= 4 is 53.1 Å². The number of rotatable bonds is 7. The zero-order chi connectivity index (χ0) is 18.2. The number of nitrogens with zero attached hydrogens (tertiary/aromatic N) is 1. The lowest BCUT2D eigenvalue weighted by Crippen LogP contribution is -2.33. The van der Waals surface area contributed by atoms with Crippen LogP contribution >= 0.6 is 47.2 Å². The molecule has 5 nitrogen and oxygen atoms in total. The first-order valence-corrected chi connectivity index (χ1v) is 8.47. The first-order chi connectivity index (χ1) is 12.0. The number of aliphatic imine (C=N–C) groups is 1. The van der Waals surface area contributed by atoms with Gasteiger partial charge in [-0.15, -0.1) is 24.0 Å². The number of nitrogens with one attached hydrogen (secondary N) is 1. The van der Waals surface area contributed by atoms with Crippen LogP contribution in [0.15, 0.2) is 41.4 Å². The van der Waals surface area contributed by atoms with Crippen LogP contribution in [-0.2, 0) is 13.0 Å². The minimum atomic E-state index is 0. The molecule has 0 spiro atoms. The lowest BCUT2D eigenvalue weighted by Gasteiger charge is -2.09. The van der Waals surface area contributed by atoms with E-state index >= 15 is 0 Å². The molecule has 0 fully saturated rings. The molecule has 0 saturated carbocycles. The third kappa shape index (κ3) is 7.09. The Morgan fingerprint density at radius 1 is 1.00 bits per heavy atom. The van der Waals surface area contributed by atoms with Crippen molar-refractivity contribution in [3.63, 3.8) is 0 Å². The molecule has 0 aromatic heterocycles. The van der Waals surface area contributed by atoms with E-state index in [0.29, 0.717) is 40.6 Å². The number of guanidine groups is 1. The minimum Gasteiger partial charge on any atom is -0.493 e. The van der Waals surface area contributed by atoms with Gasteiger partial charge in [0.1, 0.15) is 0 Å². The fourth-order valence-electron chi connectivity index (χ4n) is 2.30. The smallest absolute Gasteiger partial charge is 0.188 e. The zero-order valence-electron chi connectivity index (χ0n) is 14.6. The Bertz CT molecular complexity index is 737. The second-order valence-corrected chi connectivity index (χ2v) is 6.22. The molecule has 0 amide bonds. The molecule has 0 aliphatic rings. The average molecular weight is 510 g/mol. The van der Waals surface area contributed by atoms with E-state index in [0.717, 1.165) is 17.5 Å². The fraction of sp³-hybridized carbons (Fsp3) is 0.278. The predicted molar refractivity (Wildman–Crippen MR) is 118 cm³/mol. The summed E-state index contributed by atoms with van der Waals surface area (Å²) in [7, 11) is 3.20. The summed E-state index contributed by atoms with van der Waals surface area (Å²) in [6, 6.07) is 11.1. The highest BCUT2D eigenvalue weighted by molar-refractivity contribution is 14.0. The molecule has 2 aromatic rings. The van der Waals surface area contributed by atoms with Gasteiger partial charge in [-0.05, 0) is 47.9 Å². The number of hydrogen-bond donors (Lipinski definition) is 2. The van der Waals surface area contributed by atoms with Gasteiger partial charge in [0.2, 0.25) is 0 Å². The van der Waals surface area contributed by atoms with Crippen molar-refractivity contribution in [3.05, 3.63) is 57.6 Å². The molecule has 8 heteroatoms. The highest BCUT2D eigenvalue weighted by Gasteiger charge is 2.04. The predicted octanol–water partition coefficient (Wildman–Crippen LogP) is 4.28. The first-order valence-electron chi connectivity index (χ1n) is 7.71. The summed E-state index contributed by atoms with van der Waals surface area (Å²) < 4.78 is 10.5. The molecule has 2 rings (SSSR count). The van der Waals surface area contributed by atoms with Gasteiger partial charge in [-0.25, -0.2) is 4.99 Å². The normalized spacial score (nSPS) is 10.8. The van der Waals surface area contributed by atoms with Gasteiger partial charge >= 0.3 is 0 Å². The summed E-state index contributed by atoms with van der Waals surface area (Å²) in [5.41, 5.74) is 7.92. The van der Waals surface area contributed by atoms with E-state index in [1.54, 1.807) is 20.3 Å². The number of benzene rings is 2. The molecule has 0 radical (unpaired) electrons. The van der Waals surface area contributed by atoms with Crippen LogP contribution in [0.3, 0.4) is 0 Å². The summed E-state index contributed by atoms with van der Waals surface area (Å²) >= 11 is 12.0. The number of methoxy groups -OCH3 is 2. The molecule has 142 valence electrons. The second-order valence-electron chi connectivity index (χ2n) is 5.35. The lowest BCUT2D eigenvalue weighted by atomic mass is 10.1. The summed E-state index contributed by atoms with van der Waals surface area (Å²) in [6.07, 6.45) is 0.743. The van der Waals surface area contributed by atoms with Crippen LogP contribution in [0.25, 0.3) is 0 Å². The molecule has 0 unspecified atom stereocenters. The first kappa shape index (κ1) is 22.7. The standard InChI is InChI=1S/C18H21Cl2N3O2.HI/c1-24-16-4-3-13(9-17(16)25-2)11-23-18(21)22-6-5-12-7-14(19)10-15(20)8-12;/h3-4,7-10H,5-6,11H2,1-2H3,(H3,21,22,23);1H. The van der Waals surface area contributed by atoms with Crippen molar-refractivity contribution < 1.29 is 9.47 Å². The molecule has 0 aliphatic heterocycles. The van der Waals surface area contributed by atoms with E-state index < -0.39 is 0 Å². The molecule has 0 saturated heterocycles. The third-order valence-corrected chi connectivity index (χ3v) is 3.96. The van der Waals surface area contributed by atoms with Gasteiger partial charge in [-0.3, -0.25) is 0 Å². The van der Waals surface area contributed by atoms with Crippen LogP contribution in [0.5, 0.6) is 11.5 Å². The Morgan fingerprint density at radius 2 is 1.65 bits per heavy atom. The lowest BCUT2D eigenvalue weighted by molar-refractivity contribution is 0.354. The van der Waals surface area contributed by atoms with Gasteiger partial charge in [-0.2, -0.15) is 0 Å². The Kier molecular flexibility index (Phi) is 9.90. The Morgan fingerprint density at radius 3 is 2.27 bits per heavy atom. The second kappa shape index (κ2) is 11.4. The van der Waals surface area contributed by atoms with Crippen molar-refractivity contribution in [1.82, 2.24) is 5.32 Å². The van der Waals surface area contributed by atoms with Crippen molar-refractivity contribution in [2.75, 3.05) is 20.8 Å².